The number of rotatable bonds is 2. The number of imidazole rings is 1. The van der Waals surface area contributed by atoms with Gasteiger partial charge < -0.3 is 10.3 Å². The summed E-state index contributed by atoms with van der Waals surface area (Å²) in [7, 11) is 2.11. The van der Waals surface area contributed by atoms with E-state index in [0.717, 1.165) is 19.6 Å². The van der Waals surface area contributed by atoms with E-state index in [2.05, 4.69) is 21.5 Å². The summed E-state index contributed by atoms with van der Waals surface area (Å²) in [6, 6.07) is 0.198. The largest absolute Gasteiger partial charge is 0.332 e. The van der Waals surface area contributed by atoms with Crippen LogP contribution < -0.4 is 5.73 Å². The van der Waals surface area contributed by atoms with Gasteiger partial charge in [0.15, 0.2) is 0 Å². The van der Waals surface area contributed by atoms with E-state index in [4.69, 9.17) is 5.73 Å². The van der Waals surface area contributed by atoms with Gasteiger partial charge in [-0.2, -0.15) is 0 Å². The zero-order valence-electron chi connectivity index (χ0n) is 8.20. The highest BCUT2D eigenvalue weighted by atomic mass is 15.2. The van der Waals surface area contributed by atoms with Crippen molar-refractivity contribution in [3.8, 4) is 0 Å². The molecule has 72 valence electrons. The summed E-state index contributed by atoms with van der Waals surface area (Å²) < 4.78 is 2.17. The van der Waals surface area contributed by atoms with Crippen LogP contribution in [0, 0.1) is 0 Å². The van der Waals surface area contributed by atoms with Crippen molar-refractivity contribution in [3.05, 3.63) is 17.7 Å². The standard InChI is InChI=1S/C9H16N4/c1-7(10)3-13-6-11-8-4-12(2)5-9(8)13/h6-7H,3-5,10H2,1-2H3. The van der Waals surface area contributed by atoms with E-state index in [9.17, 15) is 0 Å². The maximum absolute atomic E-state index is 5.75. The molecule has 2 N–H and O–H groups in total. The van der Waals surface area contributed by atoms with Crippen LogP contribution in [0.3, 0.4) is 0 Å². The SMILES string of the molecule is CC(N)Cn1cnc2c1CN(C)C2. The Bertz CT molecular complexity index is 303. The first kappa shape index (κ1) is 8.72. The van der Waals surface area contributed by atoms with Crippen LogP contribution in [-0.4, -0.2) is 27.5 Å². The van der Waals surface area contributed by atoms with Crippen molar-refractivity contribution in [1.82, 2.24) is 14.5 Å². The molecule has 0 bridgehead atoms. The van der Waals surface area contributed by atoms with Crippen LogP contribution in [0.2, 0.25) is 0 Å². The van der Waals surface area contributed by atoms with Crippen LogP contribution in [0.25, 0.3) is 0 Å². The minimum absolute atomic E-state index is 0.198. The van der Waals surface area contributed by atoms with Gasteiger partial charge in [-0.3, -0.25) is 4.90 Å². The molecular formula is C9H16N4. The fourth-order valence-electron chi connectivity index (χ4n) is 1.80. The molecule has 0 spiro atoms. The summed E-state index contributed by atoms with van der Waals surface area (Å²) in [4.78, 5) is 6.63. The lowest BCUT2D eigenvalue weighted by atomic mass is 10.3. The molecular weight excluding hydrogens is 164 g/mol. The van der Waals surface area contributed by atoms with Gasteiger partial charge in [0.25, 0.3) is 0 Å². The Morgan fingerprint density at radius 2 is 2.38 bits per heavy atom. The van der Waals surface area contributed by atoms with Gasteiger partial charge in [-0.05, 0) is 14.0 Å². The van der Waals surface area contributed by atoms with Crippen molar-refractivity contribution in [2.24, 2.45) is 5.73 Å². The molecule has 0 radical (unpaired) electrons. The fourth-order valence-corrected chi connectivity index (χ4v) is 1.80. The summed E-state index contributed by atoms with van der Waals surface area (Å²) >= 11 is 0. The smallest absolute Gasteiger partial charge is 0.0953 e. The molecule has 1 aliphatic rings. The predicted molar refractivity (Wildman–Crippen MR) is 51.0 cm³/mol. The van der Waals surface area contributed by atoms with Crippen LogP contribution in [0.15, 0.2) is 6.33 Å². The first-order valence-electron chi connectivity index (χ1n) is 4.64. The summed E-state index contributed by atoms with van der Waals surface area (Å²) in [5.41, 5.74) is 8.29. The van der Waals surface area contributed by atoms with Crippen LogP contribution in [0.4, 0.5) is 0 Å². The maximum atomic E-state index is 5.75. The van der Waals surface area contributed by atoms with Crippen LogP contribution in [-0.2, 0) is 19.6 Å². The van der Waals surface area contributed by atoms with Crippen LogP contribution in [0.1, 0.15) is 18.3 Å². The molecule has 1 atom stereocenters. The lowest BCUT2D eigenvalue weighted by Crippen LogP contribution is -2.23. The zero-order valence-corrected chi connectivity index (χ0v) is 8.20. The third-order valence-corrected chi connectivity index (χ3v) is 2.36. The Labute approximate surface area is 78.4 Å². The number of nitrogens with zero attached hydrogens (tertiary/aromatic N) is 3. The number of hydrogen-bond donors (Lipinski definition) is 1. The van der Waals surface area contributed by atoms with Gasteiger partial charge in [-0.1, -0.05) is 0 Å². The third kappa shape index (κ3) is 1.59. The predicted octanol–water partition coefficient (Wildman–Crippen LogP) is 0.176. The van der Waals surface area contributed by atoms with Crippen molar-refractivity contribution in [1.29, 1.82) is 0 Å². The number of aromatic nitrogens is 2. The van der Waals surface area contributed by atoms with Gasteiger partial charge in [0.2, 0.25) is 0 Å². The zero-order chi connectivity index (χ0) is 9.42. The molecule has 1 aromatic heterocycles. The Morgan fingerprint density at radius 1 is 1.62 bits per heavy atom. The minimum atomic E-state index is 0.198. The first-order chi connectivity index (χ1) is 6.16. The molecule has 4 nitrogen and oxygen atoms in total. The lowest BCUT2D eigenvalue weighted by Gasteiger charge is -2.10. The molecule has 1 aliphatic heterocycles. The van der Waals surface area contributed by atoms with Gasteiger partial charge in [0.05, 0.1) is 17.7 Å². The summed E-state index contributed by atoms with van der Waals surface area (Å²) in [6.45, 7) is 4.87. The lowest BCUT2D eigenvalue weighted by molar-refractivity contribution is 0.341. The highest BCUT2D eigenvalue weighted by Gasteiger charge is 2.20. The minimum Gasteiger partial charge on any atom is -0.332 e. The molecule has 2 rings (SSSR count). The number of nitrogens with two attached hydrogens (primary N) is 1. The molecule has 0 saturated carbocycles. The average Bonchev–Trinajstić information content (AvgIpc) is 2.51. The quantitative estimate of drug-likeness (QED) is 0.706. The summed E-state index contributed by atoms with van der Waals surface area (Å²) in [5, 5.41) is 0. The molecule has 0 fully saturated rings. The van der Waals surface area contributed by atoms with Crippen LogP contribution in [0.5, 0.6) is 0 Å². The number of fused-ring (bicyclic) bond motifs is 1. The van der Waals surface area contributed by atoms with E-state index in [0.29, 0.717) is 0 Å². The van der Waals surface area contributed by atoms with Crippen molar-refractivity contribution in [3.63, 3.8) is 0 Å². The Hall–Kier alpha value is -0.870. The second kappa shape index (κ2) is 3.12. The Kier molecular flexibility index (Phi) is 2.09. The summed E-state index contributed by atoms with van der Waals surface area (Å²) in [5.74, 6) is 0. The molecule has 0 amide bonds. The molecule has 13 heavy (non-hydrogen) atoms. The fraction of sp³-hybridized carbons (Fsp3) is 0.667. The molecule has 0 aromatic carbocycles. The Morgan fingerprint density at radius 3 is 3.08 bits per heavy atom. The van der Waals surface area contributed by atoms with Crippen molar-refractivity contribution < 1.29 is 0 Å². The monoisotopic (exact) mass is 180 g/mol. The van der Waals surface area contributed by atoms with E-state index in [1.54, 1.807) is 0 Å². The van der Waals surface area contributed by atoms with Gasteiger partial charge in [-0.15, -0.1) is 0 Å². The summed E-state index contributed by atoms with van der Waals surface area (Å²) in [6.07, 6.45) is 1.90. The second-order valence-corrected chi connectivity index (χ2v) is 3.94. The maximum Gasteiger partial charge on any atom is 0.0953 e. The van der Waals surface area contributed by atoms with E-state index >= 15 is 0 Å². The van der Waals surface area contributed by atoms with Gasteiger partial charge in [0, 0.05) is 25.7 Å². The molecule has 0 saturated heterocycles. The Balaban J connectivity index is 2.20. The second-order valence-electron chi connectivity index (χ2n) is 3.94. The van der Waals surface area contributed by atoms with Crippen LogP contribution >= 0.6 is 0 Å². The van der Waals surface area contributed by atoms with E-state index < -0.39 is 0 Å². The van der Waals surface area contributed by atoms with Gasteiger partial charge >= 0.3 is 0 Å². The van der Waals surface area contributed by atoms with E-state index in [1.807, 2.05) is 13.3 Å². The molecule has 2 heterocycles. The first-order valence-corrected chi connectivity index (χ1v) is 4.64. The highest BCUT2D eigenvalue weighted by molar-refractivity contribution is 5.17. The number of hydrogen-bond acceptors (Lipinski definition) is 3. The van der Waals surface area contributed by atoms with Crippen molar-refractivity contribution >= 4 is 0 Å². The molecule has 1 aromatic rings. The van der Waals surface area contributed by atoms with Crippen molar-refractivity contribution in [2.45, 2.75) is 32.6 Å². The van der Waals surface area contributed by atoms with Crippen molar-refractivity contribution in [2.75, 3.05) is 7.05 Å². The molecule has 0 aliphatic carbocycles. The normalized spacial score (nSPS) is 19.0. The average molecular weight is 180 g/mol. The van der Waals surface area contributed by atoms with Gasteiger partial charge in [-0.25, -0.2) is 4.98 Å². The van der Waals surface area contributed by atoms with E-state index in [-0.39, 0.29) is 6.04 Å². The van der Waals surface area contributed by atoms with E-state index in [1.165, 1.54) is 11.4 Å². The molecule has 4 heteroatoms. The van der Waals surface area contributed by atoms with Gasteiger partial charge in [0.1, 0.15) is 0 Å². The highest BCUT2D eigenvalue weighted by Crippen LogP contribution is 2.19. The third-order valence-electron chi connectivity index (χ3n) is 2.36. The topological polar surface area (TPSA) is 47.1 Å². The molecule has 1 unspecified atom stereocenters.